The molecule has 1 aromatic rings. The third kappa shape index (κ3) is 3.58. The zero-order valence-electron chi connectivity index (χ0n) is 11.2. The van der Waals surface area contributed by atoms with Crippen molar-refractivity contribution >= 4 is 11.9 Å². The number of benzene rings is 1. The molecule has 0 spiro atoms. The number of amides is 1. The summed E-state index contributed by atoms with van der Waals surface area (Å²) in [5.41, 5.74) is 0.973. The minimum atomic E-state index is -0.405. The first-order valence-electron chi connectivity index (χ1n) is 5.95. The Morgan fingerprint density at radius 3 is 2.00 bits per heavy atom. The maximum Gasteiger partial charge on any atom is 0.337 e. The summed E-state index contributed by atoms with van der Waals surface area (Å²) < 4.78 is 4.59. The molecule has 0 bridgehead atoms. The van der Waals surface area contributed by atoms with Gasteiger partial charge in [0.25, 0.3) is 5.91 Å². The highest BCUT2D eigenvalue weighted by atomic mass is 16.5. The molecule has 0 aliphatic rings. The molecule has 98 valence electrons. The molecule has 0 heterocycles. The van der Waals surface area contributed by atoms with Crippen molar-refractivity contribution in [3.8, 4) is 0 Å². The summed E-state index contributed by atoms with van der Waals surface area (Å²) in [5, 5.41) is 2.90. The Kier molecular flexibility index (Phi) is 4.89. The molecular weight excluding hydrogens is 230 g/mol. The highest BCUT2D eigenvalue weighted by Gasteiger charge is 2.13. The van der Waals surface area contributed by atoms with Gasteiger partial charge in [-0.25, -0.2) is 4.79 Å². The third-order valence-corrected chi connectivity index (χ3v) is 2.93. The van der Waals surface area contributed by atoms with Crippen LogP contribution < -0.4 is 5.32 Å². The van der Waals surface area contributed by atoms with Crippen LogP contribution in [0.1, 0.15) is 41.5 Å². The molecule has 0 aliphatic heterocycles. The van der Waals surface area contributed by atoms with E-state index in [1.807, 2.05) is 20.8 Å². The standard InChI is InChI=1S/C14H19NO3/c1-9(2)10(3)15-13(16)11-5-7-12(8-6-11)14(17)18-4/h5-10H,1-4H3,(H,15,16). The minimum Gasteiger partial charge on any atom is -0.465 e. The van der Waals surface area contributed by atoms with Crippen molar-refractivity contribution in [2.45, 2.75) is 26.8 Å². The number of carbonyl (C=O) groups is 2. The summed E-state index contributed by atoms with van der Waals surface area (Å²) in [6.07, 6.45) is 0. The van der Waals surface area contributed by atoms with Gasteiger partial charge in [0, 0.05) is 11.6 Å². The maximum atomic E-state index is 11.9. The van der Waals surface area contributed by atoms with Crippen LogP contribution in [0.25, 0.3) is 0 Å². The highest BCUT2D eigenvalue weighted by molar-refractivity contribution is 5.96. The molecule has 1 unspecified atom stereocenters. The van der Waals surface area contributed by atoms with E-state index in [4.69, 9.17) is 0 Å². The number of nitrogens with one attached hydrogen (secondary N) is 1. The van der Waals surface area contributed by atoms with Crippen LogP contribution in [0, 0.1) is 5.92 Å². The first-order chi connectivity index (χ1) is 8.45. The maximum absolute atomic E-state index is 11.9. The lowest BCUT2D eigenvalue weighted by atomic mass is 10.1. The molecule has 0 aromatic heterocycles. The van der Waals surface area contributed by atoms with Crippen LogP contribution in [0.5, 0.6) is 0 Å². The van der Waals surface area contributed by atoms with Crippen LogP contribution in [-0.2, 0) is 4.74 Å². The Bertz CT molecular complexity index is 423. The normalized spacial score (nSPS) is 12.1. The molecule has 0 radical (unpaired) electrons. The van der Waals surface area contributed by atoms with Gasteiger partial charge in [0.15, 0.2) is 0 Å². The number of ether oxygens (including phenoxy) is 1. The molecule has 4 nitrogen and oxygen atoms in total. The van der Waals surface area contributed by atoms with Gasteiger partial charge < -0.3 is 10.1 Å². The fourth-order valence-electron chi connectivity index (χ4n) is 1.33. The Hall–Kier alpha value is -1.84. The van der Waals surface area contributed by atoms with E-state index in [1.165, 1.54) is 7.11 Å². The van der Waals surface area contributed by atoms with E-state index >= 15 is 0 Å². The van der Waals surface area contributed by atoms with Crippen molar-refractivity contribution < 1.29 is 14.3 Å². The molecule has 0 aliphatic carbocycles. The Morgan fingerprint density at radius 1 is 1.06 bits per heavy atom. The lowest BCUT2D eigenvalue weighted by Crippen LogP contribution is -2.36. The molecule has 18 heavy (non-hydrogen) atoms. The van der Waals surface area contributed by atoms with Gasteiger partial charge in [-0.05, 0) is 37.1 Å². The van der Waals surface area contributed by atoms with Gasteiger partial charge in [0.1, 0.15) is 0 Å². The fourth-order valence-corrected chi connectivity index (χ4v) is 1.33. The lowest BCUT2D eigenvalue weighted by Gasteiger charge is -2.17. The van der Waals surface area contributed by atoms with Gasteiger partial charge >= 0.3 is 5.97 Å². The van der Waals surface area contributed by atoms with Crippen LogP contribution in [-0.4, -0.2) is 25.0 Å². The average Bonchev–Trinajstić information content (AvgIpc) is 2.37. The smallest absolute Gasteiger partial charge is 0.337 e. The van der Waals surface area contributed by atoms with Crippen molar-refractivity contribution in [1.29, 1.82) is 0 Å². The van der Waals surface area contributed by atoms with Crippen molar-refractivity contribution in [2.24, 2.45) is 5.92 Å². The van der Waals surface area contributed by atoms with Crippen LogP contribution in [0.4, 0.5) is 0 Å². The number of esters is 1. The van der Waals surface area contributed by atoms with E-state index in [0.717, 1.165) is 0 Å². The third-order valence-electron chi connectivity index (χ3n) is 2.93. The molecule has 4 heteroatoms. The molecule has 0 fully saturated rings. The number of methoxy groups -OCH3 is 1. The Morgan fingerprint density at radius 2 is 1.56 bits per heavy atom. The van der Waals surface area contributed by atoms with Gasteiger partial charge in [-0.2, -0.15) is 0 Å². The van der Waals surface area contributed by atoms with Crippen LogP contribution in [0.2, 0.25) is 0 Å². The largest absolute Gasteiger partial charge is 0.465 e. The first kappa shape index (κ1) is 14.2. The second-order valence-corrected chi connectivity index (χ2v) is 4.58. The van der Waals surface area contributed by atoms with Crippen LogP contribution >= 0.6 is 0 Å². The van der Waals surface area contributed by atoms with Gasteiger partial charge in [-0.1, -0.05) is 13.8 Å². The summed E-state index contributed by atoms with van der Waals surface area (Å²) in [7, 11) is 1.33. The number of carbonyl (C=O) groups excluding carboxylic acids is 2. The monoisotopic (exact) mass is 249 g/mol. The predicted molar refractivity (Wildman–Crippen MR) is 69.5 cm³/mol. The second kappa shape index (κ2) is 6.19. The van der Waals surface area contributed by atoms with E-state index in [0.29, 0.717) is 17.0 Å². The van der Waals surface area contributed by atoms with Crippen molar-refractivity contribution in [2.75, 3.05) is 7.11 Å². The van der Waals surface area contributed by atoms with Crippen LogP contribution in [0.3, 0.4) is 0 Å². The Labute approximate surface area is 107 Å². The number of hydrogen-bond acceptors (Lipinski definition) is 3. The predicted octanol–water partition coefficient (Wildman–Crippen LogP) is 2.25. The lowest BCUT2D eigenvalue weighted by molar-refractivity contribution is 0.0600. The van der Waals surface area contributed by atoms with Crippen LogP contribution in [0.15, 0.2) is 24.3 Å². The van der Waals surface area contributed by atoms with E-state index in [9.17, 15) is 9.59 Å². The average molecular weight is 249 g/mol. The van der Waals surface area contributed by atoms with Gasteiger partial charge in [-0.15, -0.1) is 0 Å². The van der Waals surface area contributed by atoms with Crippen molar-refractivity contribution in [3.05, 3.63) is 35.4 Å². The molecule has 0 saturated carbocycles. The van der Waals surface area contributed by atoms with E-state index < -0.39 is 5.97 Å². The summed E-state index contributed by atoms with van der Waals surface area (Å²) in [4.78, 5) is 23.1. The zero-order valence-corrected chi connectivity index (χ0v) is 11.2. The molecule has 1 amide bonds. The van der Waals surface area contributed by atoms with Gasteiger partial charge in [-0.3, -0.25) is 4.79 Å². The quantitative estimate of drug-likeness (QED) is 0.833. The van der Waals surface area contributed by atoms with E-state index in [-0.39, 0.29) is 11.9 Å². The molecule has 1 aromatic carbocycles. The van der Waals surface area contributed by atoms with E-state index in [1.54, 1.807) is 24.3 Å². The summed E-state index contributed by atoms with van der Waals surface area (Å²) in [6.45, 7) is 6.06. The Balaban J connectivity index is 2.73. The first-order valence-corrected chi connectivity index (χ1v) is 5.95. The van der Waals surface area contributed by atoms with Gasteiger partial charge in [0.05, 0.1) is 12.7 Å². The van der Waals surface area contributed by atoms with Crippen molar-refractivity contribution in [3.63, 3.8) is 0 Å². The fraction of sp³-hybridized carbons (Fsp3) is 0.429. The molecule has 1 atom stereocenters. The topological polar surface area (TPSA) is 55.4 Å². The summed E-state index contributed by atoms with van der Waals surface area (Å²) in [5.74, 6) is -0.159. The van der Waals surface area contributed by atoms with E-state index in [2.05, 4.69) is 10.1 Å². The number of hydrogen-bond donors (Lipinski definition) is 1. The molecule has 1 rings (SSSR count). The summed E-state index contributed by atoms with van der Waals surface area (Å²) >= 11 is 0. The highest BCUT2D eigenvalue weighted by Crippen LogP contribution is 2.07. The molecule has 1 N–H and O–H groups in total. The molecular formula is C14H19NO3. The minimum absolute atomic E-state index is 0.109. The second-order valence-electron chi connectivity index (χ2n) is 4.58. The summed E-state index contributed by atoms with van der Waals surface area (Å²) in [6, 6.07) is 6.52. The van der Waals surface area contributed by atoms with Gasteiger partial charge in [0.2, 0.25) is 0 Å². The van der Waals surface area contributed by atoms with Crippen molar-refractivity contribution in [1.82, 2.24) is 5.32 Å². The number of rotatable bonds is 4. The molecule has 0 saturated heterocycles. The SMILES string of the molecule is COC(=O)c1ccc(C(=O)NC(C)C(C)C)cc1. The zero-order chi connectivity index (χ0) is 13.7.